The normalized spacial score (nSPS) is 10.9. The van der Waals surface area contributed by atoms with E-state index < -0.39 is 0 Å². The minimum absolute atomic E-state index is 0.273. The van der Waals surface area contributed by atoms with E-state index in [0.717, 1.165) is 24.7 Å². The van der Waals surface area contributed by atoms with Gasteiger partial charge < -0.3 is 9.84 Å². The molecule has 0 aromatic carbocycles. The van der Waals surface area contributed by atoms with Gasteiger partial charge in [0.05, 0.1) is 13.2 Å². The first-order chi connectivity index (χ1) is 5.27. The van der Waals surface area contributed by atoms with Crippen LogP contribution in [0.1, 0.15) is 13.8 Å². The Hall–Kier alpha value is 0.270. The molecule has 0 radical (unpaired) electrons. The summed E-state index contributed by atoms with van der Waals surface area (Å²) in [7, 11) is 0. The van der Waals surface area contributed by atoms with Crippen LogP contribution in [0.2, 0.25) is 0 Å². The van der Waals surface area contributed by atoms with Crippen LogP contribution in [0, 0.1) is 5.92 Å². The van der Waals surface area contributed by atoms with E-state index in [1.165, 1.54) is 0 Å². The second-order valence-corrected chi connectivity index (χ2v) is 4.03. The molecule has 0 fully saturated rings. The highest BCUT2D eigenvalue weighted by atomic mass is 32.2. The highest BCUT2D eigenvalue weighted by Crippen LogP contribution is 1.99. The highest BCUT2D eigenvalue weighted by Gasteiger charge is 1.93. The van der Waals surface area contributed by atoms with Gasteiger partial charge >= 0.3 is 0 Å². The van der Waals surface area contributed by atoms with Crippen LogP contribution in [0.15, 0.2) is 0 Å². The van der Waals surface area contributed by atoms with Crippen molar-refractivity contribution >= 4 is 11.8 Å². The number of hydrogen-bond acceptors (Lipinski definition) is 3. The van der Waals surface area contributed by atoms with Gasteiger partial charge in [0.15, 0.2) is 0 Å². The number of rotatable bonds is 7. The molecule has 0 saturated heterocycles. The first kappa shape index (κ1) is 11.3. The summed E-state index contributed by atoms with van der Waals surface area (Å²) in [5.74, 6) is 2.44. The number of aliphatic hydroxyl groups is 1. The van der Waals surface area contributed by atoms with Crippen LogP contribution in [-0.4, -0.2) is 36.4 Å². The Morgan fingerprint density at radius 1 is 1.36 bits per heavy atom. The first-order valence-electron chi connectivity index (χ1n) is 4.03. The Bertz CT molecular complexity index is 76.5. The van der Waals surface area contributed by atoms with Crippen molar-refractivity contribution in [3.63, 3.8) is 0 Å². The van der Waals surface area contributed by atoms with E-state index in [9.17, 15) is 0 Å². The maximum atomic E-state index is 8.45. The van der Waals surface area contributed by atoms with Crippen LogP contribution in [-0.2, 0) is 4.74 Å². The molecule has 2 nitrogen and oxygen atoms in total. The fourth-order valence-corrected chi connectivity index (χ4v) is 1.17. The minimum atomic E-state index is 0.273. The number of thioether (sulfide) groups is 1. The highest BCUT2D eigenvalue weighted by molar-refractivity contribution is 7.99. The van der Waals surface area contributed by atoms with Crippen molar-refractivity contribution in [2.45, 2.75) is 13.8 Å². The zero-order valence-corrected chi connectivity index (χ0v) is 8.19. The van der Waals surface area contributed by atoms with E-state index >= 15 is 0 Å². The summed E-state index contributed by atoms with van der Waals surface area (Å²) in [5, 5.41) is 8.45. The average Bonchev–Trinajstić information content (AvgIpc) is 1.96. The van der Waals surface area contributed by atoms with E-state index in [2.05, 4.69) is 13.8 Å². The monoisotopic (exact) mass is 178 g/mol. The molecule has 0 aliphatic carbocycles. The van der Waals surface area contributed by atoms with Gasteiger partial charge in [0.2, 0.25) is 0 Å². The molecule has 0 amide bonds. The average molecular weight is 178 g/mol. The Morgan fingerprint density at radius 3 is 2.64 bits per heavy atom. The predicted molar refractivity (Wildman–Crippen MR) is 50.1 cm³/mol. The molecule has 68 valence electrons. The smallest absolute Gasteiger partial charge is 0.0556 e. The molecule has 1 N–H and O–H groups in total. The van der Waals surface area contributed by atoms with E-state index in [4.69, 9.17) is 9.84 Å². The quantitative estimate of drug-likeness (QED) is 0.597. The molecule has 0 saturated carbocycles. The fourth-order valence-electron chi connectivity index (χ4n) is 0.603. The second kappa shape index (κ2) is 8.37. The van der Waals surface area contributed by atoms with Crippen LogP contribution in [0.3, 0.4) is 0 Å². The van der Waals surface area contributed by atoms with E-state index in [1.54, 1.807) is 11.8 Å². The number of ether oxygens (including phenoxy) is 1. The van der Waals surface area contributed by atoms with Crippen molar-refractivity contribution in [3.8, 4) is 0 Å². The van der Waals surface area contributed by atoms with Gasteiger partial charge in [0.1, 0.15) is 0 Å². The molecule has 0 aliphatic heterocycles. The third-order valence-electron chi connectivity index (χ3n) is 1.06. The summed E-state index contributed by atoms with van der Waals surface area (Å²) in [6.45, 7) is 6.21. The third kappa shape index (κ3) is 10.3. The van der Waals surface area contributed by atoms with Gasteiger partial charge in [0.25, 0.3) is 0 Å². The zero-order valence-electron chi connectivity index (χ0n) is 7.38. The molecule has 0 aromatic rings. The molecule has 0 atom stereocenters. The summed E-state index contributed by atoms with van der Waals surface area (Å²) < 4.78 is 5.34. The van der Waals surface area contributed by atoms with Crippen molar-refractivity contribution in [1.82, 2.24) is 0 Å². The molecule has 0 bridgehead atoms. The van der Waals surface area contributed by atoms with Crippen LogP contribution in [0.25, 0.3) is 0 Å². The Balaban J connectivity index is 2.80. The van der Waals surface area contributed by atoms with Crippen LogP contribution >= 0.6 is 11.8 Å². The topological polar surface area (TPSA) is 29.5 Å². The molecule has 0 aliphatic rings. The van der Waals surface area contributed by atoms with Gasteiger partial charge in [-0.15, -0.1) is 0 Å². The maximum Gasteiger partial charge on any atom is 0.0556 e. The Kier molecular flexibility index (Phi) is 8.57. The minimum Gasteiger partial charge on any atom is -0.396 e. The van der Waals surface area contributed by atoms with Crippen molar-refractivity contribution in [2.75, 3.05) is 31.3 Å². The third-order valence-corrected chi connectivity index (χ3v) is 1.99. The lowest BCUT2D eigenvalue weighted by molar-refractivity contribution is 0.124. The summed E-state index contributed by atoms with van der Waals surface area (Å²) >= 11 is 1.73. The van der Waals surface area contributed by atoms with Crippen molar-refractivity contribution in [1.29, 1.82) is 0 Å². The van der Waals surface area contributed by atoms with Crippen LogP contribution in [0.5, 0.6) is 0 Å². The second-order valence-electron chi connectivity index (χ2n) is 2.80. The number of hydrogen-bond donors (Lipinski definition) is 1. The first-order valence-corrected chi connectivity index (χ1v) is 5.19. The van der Waals surface area contributed by atoms with Crippen LogP contribution < -0.4 is 0 Å². The molecule has 3 heteroatoms. The molecular weight excluding hydrogens is 160 g/mol. The van der Waals surface area contributed by atoms with E-state index in [1.807, 2.05) is 0 Å². The molecule has 0 spiro atoms. The molecule has 0 rings (SSSR count). The fraction of sp³-hybridized carbons (Fsp3) is 1.00. The van der Waals surface area contributed by atoms with E-state index in [-0.39, 0.29) is 6.61 Å². The summed E-state index contributed by atoms with van der Waals surface area (Å²) in [6, 6.07) is 0. The molecule has 0 heterocycles. The zero-order chi connectivity index (χ0) is 8.53. The van der Waals surface area contributed by atoms with Gasteiger partial charge in [-0.05, 0) is 5.92 Å². The van der Waals surface area contributed by atoms with Gasteiger partial charge in [-0.2, -0.15) is 11.8 Å². The molecule has 0 aromatic heterocycles. The molecule has 11 heavy (non-hydrogen) atoms. The van der Waals surface area contributed by atoms with Gasteiger partial charge in [-0.1, -0.05) is 13.8 Å². The largest absolute Gasteiger partial charge is 0.396 e. The Morgan fingerprint density at radius 2 is 2.09 bits per heavy atom. The summed E-state index contributed by atoms with van der Waals surface area (Å²) in [4.78, 5) is 0. The summed E-state index contributed by atoms with van der Waals surface area (Å²) in [5.41, 5.74) is 0. The predicted octanol–water partition coefficient (Wildman–Crippen LogP) is 1.38. The molecule has 0 unspecified atom stereocenters. The van der Waals surface area contributed by atoms with Crippen molar-refractivity contribution < 1.29 is 9.84 Å². The van der Waals surface area contributed by atoms with Gasteiger partial charge in [-0.3, -0.25) is 0 Å². The number of aliphatic hydroxyl groups excluding tert-OH is 1. The lowest BCUT2D eigenvalue weighted by atomic mass is 10.2. The van der Waals surface area contributed by atoms with Gasteiger partial charge in [0, 0.05) is 18.1 Å². The van der Waals surface area contributed by atoms with Crippen molar-refractivity contribution in [3.05, 3.63) is 0 Å². The van der Waals surface area contributed by atoms with Gasteiger partial charge in [-0.25, -0.2) is 0 Å². The van der Waals surface area contributed by atoms with Crippen LogP contribution in [0.4, 0.5) is 0 Å². The SMILES string of the molecule is CC(C)COCCSCCO. The standard InChI is InChI=1S/C8H18O2S/c1-8(2)7-10-4-6-11-5-3-9/h8-9H,3-7H2,1-2H3. The van der Waals surface area contributed by atoms with Crippen molar-refractivity contribution in [2.24, 2.45) is 5.92 Å². The Labute approximate surface area is 73.3 Å². The summed E-state index contributed by atoms with van der Waals surface area (Å²) in [6.07, 6.45) is 0. The maximum absolute atomic E-state index is 8.45. The lowest BCUT2D eigenvalue weighted by Crippen LogP contribution is -2.05. The molecular formula is C8H18O2S. The van der Waals surface area contributed by atoms with E-state index in [0.29, 0.717) is 5.92 Å². The lowest BCUT2D eigenvalue weighted by Gasteiger charge is -2.05.